The van der Waals surface area contributed by atoms with Crippen molar-refractivity contribution in [3.63, 3.8) is 0 Å². The largest absolute Gasteiger partial charge is 0.393 e. The molecule has 0 aromatic rings. The smallest absolute Gasteiger partial charge is 0.0568 e. The number of aliphatic hydroxyl groups excluding tert-OH is 1. The number of hydrogen-bond donors (Lipinski definition) is 1. The number of hydrogen-bond acceptors (Lipinski definition) is 1. The summed E-state index contributed by atoms with van der Waals surface area (Å²) in [6, 6.07) is 0. The Kier molecular flexibility index (Phi) is 5.87. The summed E-state index contributed by atoms with van der Waals surface area (Å²) < 4.78 is 0. The number of allylic oxidation sites excluding steroid dienone is 4. The van der Waals surface area contributed by atoms with Crippen LogP contribution in [0.15, 0.2) is 22.8 Å². The zero-order valence-electron chi connectivity index (χ0n) is 21.0. The molecular formula is C29H48O. The zero-order valence-corrected chi connectivity index (χ0v) is 21.0. The SMILES string of the molecule is CC(C)=CCC/C(C)=C1/CCC2(C)C1CC[C@]1(C)C2CCC2[C@@H](C)C(O)CC[C@@]21C. The minimum absolute atomic E-state index is 0.0698. The van der Waals surface area contributed by atoms with Gasteiger partial charge in [0.25, 0.3) is 0 Å². The molecule has 4 aliphatic rings. The minimum Gasteiger partial charge on any atom is -0.393 e. The lowest BCUT2D eigenvalue weighted by Gasteiger charge is -2.68. The third-order valence-corrected chi connectivity index (χ3v) is 11.4. The summed E-state index contributed by atoms with van der Waals surface area (Å²) in [5.74, 6) is 2.87. The second-order valence-corrected chi connectivity index (χ2v) is 12.8. The summed E-state index contributed by atoms with van der Waals surface area (Å²) in [5, 5.41) is 10.6. The van der Waals surface area contributed by atoms with Crippen molar-refractivity contribution in [3.8, 4) is 0 Å². The van der Waals surface area contributed by atoms with Crippen LogP contribution >= 0.6 is 0 Å². The van der Waals surface area contributed by atoms with E-state index in [-0.39, 0.29) is 6.10 Å². The normalized spacial score (nSPS) is 49.7. The maximum Gasteiger partial charge on any atom is 0.0568 e. The molecule has 8 atom stereocenters. The summed E-state index contributed by atoms with van der Waals surface area (Å²) >= 11 is 0. The van der Waals surface area contributed by atoms with E-state index in [1.807, 2.05) is 5.57 Å². The van der Waals surface area contributed by atoms with Crippen LogP contribution in [0, 0.1) is 39.9 Å². The Morgan fingerprint density at radius 3 is 2.37 bits per heavy atom. The van der Waals surface area contributed by atoms with Gasteiger partial charge >= 0.3 is 0 Å². The van der Waals surface area contributed by atoms with Crippen molar-refractivity contribution in [1.82, 2.24) is 0 Å². The predicted octanol–water partition coefficient (Wildman–Crippen LogP) is 8.09. The van der Waals surface area contributed by atoms with Gasteiger partial charge in [-0.05, 0) is 125 Å². The highest BCUT2D eigenvalue weighted by Gasteiger charge is 2.66. The molecule has 4 saturated carbocycles. The first kappa shape index (κ1) is 22.6. The van der Waals surface area contributed by atoms with Crippen LogP contribution in [0.2, 0.25) is 0 Å². The molecule has 0 aliphatic heterocycles. The molecule has 1 heteroatoms. The first-order valence-corrected chi connectivity index (χ1v) is 13.0. The van der Waals surface area contributed by atoms with Crippen molar-refractivity contribution in [2.75, 3.05) is 0 Å². The Balaban J connectivity index is 1.62. The van der Waals surface area contributed by atoms with Crippen molar-refractivity contribution in [1.29, 1.82) is 0 Å². The second kappa shape index (κ2) is 7.79. The molecule has 30 heavy (non-hydrogen) atoms. The zero-order chi connectivity index (χ0) is 21.9. The van der Waals surface area contributed by atoms with Gasteiger partial charge in [0.15, 0.2) is 0 Å². The van der Waals surface area contributed by atoms with Gasteiger partial charge < -0.3 is 5.11 Å². The van der Waals surface area contributed by atoms with Gasteiger partial charge in [0, 0.05) is 0 Å². The molecule has 1 N–H and O–H groups in total. The maximum absolute atomic E-state index is 10.6. The third kappa shape index (κ3) is 3.20. The van der Waals surface area contributed by atoms with Gasteiger partial charge in [-0.3, -0.25) is 0 Å². The van der Waals surface area contributed by atoms with Crippen LogP contribution in [-0.4, -0.2) is 11.2 Å². The average Bonchev–Trinajstić information content (AvgIpc) is 3.03. The monoisotopic (exact) mass is 412 g/mol. The highest BCUT2D eigenvalue weighted by molar-refractivity contribution is 5.28. The van der Waals surface area contributed by atoms with Gasteiger partial charge in [-0.1, -0.05) is 50.5 Å². The fourth-order valence-electron chi connectivity index (χ4n) is 9.38. The van der Waals surface area contributed by atoms with E-state index >= 15 is 0 Å². The van der Waals surface area contributed by atoms with E-state index in [1.54, 1.807) is 5.57 Å². The molecule has 0 aromatic carbocycles. The Bertz CT molecular complexity index is 727. The van der Waals surface area contributed by atoms with Gasteiger partial charge in [0.05, 0.1) is 6.10 Å². The maximum atomic E-state index is 10.6. The predicted molar refractivity (Wildman–Crippen MR) is 128 cm³/mol. The molecule has 4 rings (SSSR count). The molecule has 4 aliphatic carbocycles. The molecule has 4 fully saturated rings. The molecule has 0 spiro atoms. The Labute approximate surface area is 186 Å². The van der Waals surface area contributed by atoms with E-state index in [2.05, 4.69) is 54.5 Å². The molecule has 0 aromatic heterocycles. The molecule has 1 nitrogen and oxygen atoms in total. The van der Waals surface area contributed by atoms with Gasteiger partial charge in [-0.25, -0.2) is 0 Å². The van der Waals surface area contributed by atoms with Gasteiger partial charge in [0.1, 0.15) is 0 Å². The lowest BCUT2D eigenvalue weighted by atomic mass is 9.36. The van der Waals surface area contributed by atoms with E-state index in [4.69, 9.17) is 0 Å². The van der Waals surface area contributed by atoms with E-state index in [1.165, 1.54) is 63.4 Å². The standard InChI is InChI=1S/C29H48O/c1-19(2)9-8-10-20(3)22-13-16-27(5)24(22)14-17-29(7)26(27)12-11-23-21(4)25(30)15-18-28(23,29)6/h9,21,23-26,30H,8,10-18H2,1-7H3/b22-20-/t21-,23?,24?,25?,26?,27?,28+,29-/m1/s1. The van der Waals surface area contributed by atoms with Gasteiger partial charge in [0.2, 0.25) is 0 Å². The van der Waals surface area contributed by atoms with Crippen molar-refractivity contribution in [2.45, 2.75) is 119 Å². The lowest BCUT2D eigenvalue weighted by Crippen LogP contribution is -2.62. The fourth-order valence-corrected chi connectivity index (χ4v) is 9.38. The van der Waals surface area contributed by atoms with Crippen LogP contribution in [-0.2, 0) is 0 Å². The quantitative estimate of drug-likeness (QED) is 0.464. The minimum atomic E-state index is -0.0698. The van der Waals surface area contributed by atoms with Crippen LogP contribution in [0.4, 0.5) is 0 Å². The van der Waals surface area contributed by atoms with E-state index < -0.39 is 0 Å². The highest BCUT2D eigenvalue weighted by atomic mass is 16.3. The van der Waals surface area contributed by atoms with Gasteiger partial charge in [-0.15, -0.1) is 0 Å². The Morgan fingerprint density at radius 1 is 0.967 bits per heavy atom. The molecule has 0 radical (unpaired) electrons. The summed E-state index contributed by atoms with van der Waals surface area (Å²) in [6.07, 6.45) is 15.4. The molecule has 0 heterocycles. The number of fused-ring (bicyclic) bond motifs is 5. The number of rotatable bonds is 3. The van der Waals surface area contributed by atoms with Crippen molar-refractivity contribution < 1.29 is 5.11 Å². The summed E-state index contributed by atoms with van der Waals surface area (Å²) in [5.41, 5.74) is 6.36. The Morgan fingerprint density at radius 2 is 1.67 bits per heavy atom. The first-order chi connectivity index (χ1) is 14.0. The van der Waals surface area contributed by atoms with Crippen LogP contribution in [0.3, 0.4) is 0 Å². The molecule has 0 amide bonds. The van der Waals surface area contributed by atoms with E-state index in [0.717, 1.165) is 18.3 Å². The van der Waals surface area contributed by atoms with E-state index in [9.17, 15) is 5.11 Å². The van der Waals surface area contributed by atoms with Gasteiger partial charge in [-0.2, -0.15) is 0 Å². The van der Waals surface area contributed by atoms with Crippen LogP contribution < -0.4 is 0 Å². The molecule has 170 valence electrons. The van der Waals surface area contributed by atoms with Crippen LogP contribution in [0.25, 0.3) is 0 Å². The lowest BCUT2D eigenvalue weighted by molar-refractivity contribution is -0.203. The topological polar surface area (TPSA) is 20.2 Å². The molecule has 0 saturated heterocycles. The number of aliphatic hydroxyl groups is 1. The van der Waals surface area contributed by atoms with E-state index in [0.29, 0.717) is 28.1 Å². The molecular weight excluding hydrogens is 364 g/mol. The fraction of sp³-hybridized carbons (Fsp3) is 0.862. The third-order valence-electron chi connectivity index (χ3n) is 11.4. The average molecular weight is 413 g/mol. The highest BCUT2D eigenvalue weighted by Crippen LogP contribution is 2.74. The summed E-state index contributed by atoms with van der Waals surface area (Å²) in [4.78, 5) is 0. The van der Waals surface area contributed by atoms with Crippen molar-refractivity contribution in [2.24, 2.45) is 39.9 Å². The van der Waals surface area contributed by atoms with Crippen LogP contribution in [0.5, 0.6) is 0 Å². The second-order valence-electron chi connectivity index (χ2n) is 12.8. The summed E-state index contributed by atoms with van der Waals surface area (Å²) in [7, 11) is 0. The molecule has 5 unspecified atom stereocenters. The van der Waals surface area contributed by atoms with Crippen molar-refractivity contribution in [3.05, 3.63) is 22.8 Å². The molecule has 0 bridgehead atoms. The first-order valence-electron chi connectivity index (χ1n) is 13.0. The Hall–Kier alpha value is -0.560. The summed E-state index contributed by atoms with van der Waals surface area (Å²) in [6.45, 7) is 17.2. The van der Waals surface area contributed by atoms with Crippen molar-refractivity contribution >= 4 is 0 Å². The van der Waals surface area contributed by atoms with Crippen LogP contribution in [0.1, 0.15) is 113 Å².